The molecule has 1 atom stereocenters. The molecule has 0 aliphatic heterocycles. The molecule has 1 rings (SSSR count). The Labute approximate surface area is 135 Å². The highest BCUT2D eigenvalue weighted by Crippen LogP contribution is 2.19. The molecule has 0 aliphatic carbocycles. The molecular formula is C15H23ClFN3O2. The third kappa shape index (κ3) is 7.47. The van der Waals surface area contributed by atoms with Gasteiger partial charge in [0, 0.05) is 29.8 Å². The number of benzene rings is 1. The molecule has 7 heteroatoms. The zero-order valence-corrected chi connectivity index (χ0v) is 13.8. The Kier molecular flexibility index (Phi) is 6.90. The SMILES string of the molecule is CC(C)(C)OC(=O)NCCC(CN)Nc1cc(F)cc(Cl)c1. The van der Waals surface area contributed by atoms with Gasteiger partial charge in [-0.1, -0.05) is 11.6 Å². The van der Waals surface area contributed by atoms with Crippen molar-refractivity contribution < 1.29 is 13.9 Å². The third-order valence-corrected chi connectivity index (χ3v) is 2.90. The van der Waals surface area contributed by atoms with Crippen molar-refractivity contribution in [2.24, 2.45) is 5.73 Å². The zero-order valence-electron chi connectivity index (χ0n) is 13.1. The minimum atomic E-state index is -0.534. The van der Waals surface area contributed by atoms with E-state index in [1.54, 1.807) is 26.8 Å². The number of anilines is 1. The number of hydrogen-bond donors (Lipinski definition) is 3. The number of nitrogens with one attached hydrogen (secondary N) is 2. The molecule has 0 bridgehead atoms. The molecule has 1 amide bonds. The smallest absolute Gasteiger partial charge is 0.407 e. The van der Waals surface area contributed by atoms with Crippen LogP contribution in [-0.2, 0) is 4.74 Å². The first-order valence-electron chi connectivity index (χ1n) is 7.09. The molecule has 5 nitrogen and oxygen atoms in total. The van der Waals surface area contributed by atoms with E-state index in [1.807, 2.05) is 0 Å². The molecule has 0 aliphatic rings. The van der Waals surface area contributed by atoms with E-state index in [0.29, 0.717) is 30.2 Å². The van der Waals surface area contributed by atoms with Crippen LogP contribution < -0.4 is 16.4 Å². The fourth-order valence-electron chi connectivity index (χ4n) is 1.78. The summed E-state index contributed by atoms with van der Waals surface area (Å²) in [6.07, 6.45) is 0.0984. The Hall–Kier alpha value is -1.53. The van der Waals surface area contributed by atoms with Crippen LogP contribution in [0.2, 0.25) is 5.02 Å². The van der Waals surface area contributed by atoms with Crippen molar-refractivity contribution in [1.29, 1.82) is 0 Å². The summed E-state index contributed by atoms with van der Waals surface area (Å²) in [6, 6.07) is 4.08. The number of halogens is 2. The van der Waals surface area contributed by atoms with Crippen LogP contribution in [0.4, 0.5) is 14.9 Å². The van der Waals surface area contributed by atoms with E-state index in [1.165, 1.54) is 12.1 Å². The van der Waals surface area contributed by atoms with Crippen LogP contribution in [0.3, 0.4) is 0 Å². The fourth-order valence-corrected chi connectivity index (χ4v) is 2.01. The minimum Gasteiger partial charge on any atom is -0.444 e. The number of rotatable bonds is 6. The fraction of sp³-hybridized carbons (Fsp3) is 0.533. The highest BCUT2D eigenvalue weighted by molar-refractivity contribution is 6.30. The summed E-state index contributed by atoms with van der Waals surface area (Å²) in [5.41, 5.74) is 5.70. The van der Waals surface area contributed by atoms with Crippen LogP contribution in [0.25, 0.3) is 0 Å². The lowest BCUT2D eigenvalue weighted by atomic mass is 10.2. The van der Waals surface area contributed by atoms with Crippen molar-refractivity contribution in [1.82, 2.24) is 5.32 Å². The number of amides is 1. The van der Waals surface area contributed by atoms with Crippen LogP contribution in [0.15, 0.2) is 18.2 Å². The standard InChI is InChI=1S/C15H23ClFN3O2/c1-15(2,3)22-14(21)19-5-4-12(9-18)20-13-7-10(16)6-11(17)8-13/h6-8,12,20H,4-5,9,18H2,1-3H3,(H,19,21). The van der Waals surface area contributed by atoms with Crippen LogP contribution >= 0.6 is 11.6 Å². The lowest BCUT2D eigenvalue weighted by Crippen LogP contribution is -2.37. The van der Waals surface area contributed by atoms with E-state index in [4.69, 9.17) is 22.1 Å². The van der Waals surface area contributed by atoms with E-state index in [-0.39, 0.29) is 6.04 Å². The van der Waals surface area contributed by atoms with Crippen molar-refractivity contribution in [2.45, 2.75) is 38.8 Å². The first kappa shape index (κ1) is 18.5. The Morgan fingerprint density at radius 1 is 1.41 bits per heavy atom. The maximum absolute atomic E-state index is 13.3. The Balaban J connectivity index is 2.44. The van der Waals surface area contributed by atoms with E-state index in [2.05, 4.69) is 10.6 Å². The zero-order chi connectivity index (χ0) is 16.8. The monoisotopic (exact) mass is 331 g/mol. The van der Waals surface area contributed by atoms with Crippen molar-refractivity contribution in [3.63, 3.8) is 0 Å². The molecule has 0 saturated carbocycles. The number of ether oxygens (including phenoxy) is 1. The summed E-state index contributed by atoms with van der Waals surface area (Å²) in [4.78, 5) is 11.5. The van der Waals surface area contributed by atoms with E-state index in [0.717, 1.165) is 0 Å². The molecule has 0 aromatic heterocycles. The number of carbonyl (C=O) groups is 1. The van der Waals surface area contributed by atoms with Crippen LogP contribution in [0.5, 0.6) is 0 Å². The largest absolute Gasteiger partial charge is 0.444 e. The summed E-state index contributed by atoms with van der Waals surface area (Å²) >= 11 is 5.80. The Morgan fingerprint density at radius 2 is 2.09 bits per heavy atom. The number of carbonyl (C=O) groups excluding carboxylic acids is 1. The average Bonchev–Trinajstić information content (AvgIpc) is 2.34. The van der Waals surface area contributed by atoms with Gasteiger partial charge in [-0.25, -0.2) is 9.18 Å². The maximum atomic E-state index is 13.3. The van der Waals surface area contributed by atoms with Gasteiger partial charge in [0.2, 0.25) is 0 Å². The second-order valence-electron chi connectivity index (χ2n) is 5.95. The van der Waals surface area contributed by atoms with Gasteiger partial charge in [-0.3, -0.25) is 0 Å². The normalized spacial score (nSPS) is 12.6. The van der Waals surface area contributed by atoms with Gasteiger partial charge in [0.1, 0.15) is 11.4 Å². The van der Waals surface area contributed by atoms with E-state index in [9.17, 15) is 9.18 Å². The topological polar surface area (TPSA) is 76.4 Å². The highest BCUT2D eigenvalue weighted by atomic mass is 35.5. The van der Waals surface area contributed by atoms with Gasteiger partial charge in [-0.2, -0.15) is 0 Å². The second kappa shape index (κ2) is 8.19. The van der Waals surface area contributed by atoms with E-state index < -0.39 is 17.5 Å². The molecule has 124 valence electrons. The van der Waals surface area contributed by atoms with E-state index >= 15 is 0 Å². The van der Waals surface area contributed by atoms with Crippen LogP contribution in [-0.4, -0.2) is 30.8 Å². The summed E-state index contributed by atoms with van der Waals surface area (Å²) in [7, 11) is 0. The quantitative estimate of drug-likeness (QED) is 0.748. The van der Waals surface area contributed by atoms with Gasteiger partial charge in [-0.05, 0) is 45.4 Å². The van der Waals surface area contributed by atoms with Crippen LogP contribution in [0.1, 0.15) is 27.2 Å². The Bertz CT molecular complexity index is 486. The molecule has 4 N–H and O–H groups in total. The molecule has 1 unspecified atom stereocenters. The molecule has 0 saturated heterocycles. The predicted molar refractivity (Wildman–Crippen MR) is 86.7 cm³/mol. The first-order valence-corrected chi connectivity index (χ1v) is 7.47. The second-order valence-corrected chi connectivity index (χ2v) is 6.39. The lowest BCUT2D eigenvalue weighted by molar-refractivity contribution is 0.0527. The molecular weight excluding hydrogens is 309 g/mol. The highest BCUT2D eigenvalue weighted by Gasteiger charge is 2.16. The number of nitrogens with two attached hydrogens (primary N) is 1. The molecule has 0 radical (unpaired) electrons. The van der Waals surface area contributed by atoms with Gasteiger partial charge in [-0.15, -0.1) is 0 Å². The summed E-state index contributed by atoms with van der Waals surface area (Å²) < 4.78 is 18.4. The van der Waals surface area contributed by atoms with Crippen molar-refractivity contribution in [2.75, 3.05) is 18.4 Å². The first-order chi connectivity index (χ1) is 10.2. The molecule has 0 spiro atoms. The van der Waals surface area contributed by atoms with Crippen molar-refractivity contribution in [3.8, 4) is 0 Å². The van der Waals surface area contributed by atoms with Crippen molar-refractivity contribution >= 4 is 23.4 Å². The third-order valence-electron chi connectivity index (χ3n) is 2.68. The van der Waals surface area contributed by atoms with Crippen LogP contribution in [0, 0.1) is 5.82 Å². The van der Waals surface area contributed by atoms with Gasteiger partial charge in [0.05, 0.1) is 0 Å². The summed E-state index contributed by atoms with van der Waals surface area (Å²) in [6.45, 7) is 6.12. The van der Waals surface area contributed by atoms with Gasteiger partial charge >= 0.3 is 6.09 Å². The summed E-state index contributed by atoms with van der Waals surface area (Å²) in [5, 5.41) is 6.06. The molecule has 0 heterocycles. The predicted octanol–water partition coefficient (Wildman–Crippen LogP) is 3.13. The lowest BCUT2D eigenvalue weighted by Gasteiger charge is -2.21. The minimum absolute atomic E-state index is 0.118. The Morgan fingerprint density at radius 3 is 2.64 bits per heavy atom. The maximum Gasteiger partial charge on any atom is 0.407 e. The molecule has 1 aromatic carbocycles. The number of alkyl carbamates (subject to hydrolysis) is 1. The summed E-state index contributed by atoms with van der Waals surface area (Å²) in [5.74, 6) is -0.419. The molecule has 0 fully saturated rings. The molecule has 22 heavy (non-hydrogen) atoms. The van der Waals surface area contributed by atoms with Gasteiger partial charge < -0.3 is 21.1 Å². The van der Waals surface area contributed by atoms with Gasteiger partial charge in [0.25, 0.3) is 0 Å². The average molecular weight is 332 g/mol. The molecule has 1 aromatic rings. The van der Waals surface area contributed by atoms with Crippen molar-refractivity contribution in [3.05, 3.63) is 29.0 Å². The number of hydrogen-bond acceptors (Lipinski definition) is 4. The van der Waals surface area contributed by atoms with Gasteiger partial charge in [0.15, 0.2) is 0 Å².